The van der Waals surface area contributed by atoms with Gasteiger partial charge in [0.25, 0.3) is 0 Å². The van der Waals surface area contributed by atoms with E-state index in [4.69, 9.17) is 9.47 Å². The van der Waals surface area contributed by atoms with Crippen molar-refractivity contribution in [2.75, 3.05) is 13.2 Å². The van der Waals surface area contributed by atoms with E-state index in [-0.39, 0.29) is 6.61 Å². The topological polar surface area (TPSA) is 118 Å². The van der Waals surface area contributed by atoms with Crippen LogP contribution in [0.5, 0.6) is 11.5 Å². The van der Waals surface area contributed by atoms with E-state index in [0.29, 0.717) is 36.5 Å². The van der Waals surface area contributed by atoms with Gasteiger partial charge >= 0.3 is 0 Å². The molecule has 0 amide bonds. The van der Waals surface area contributed by atoms with Crippen LogP contribution in [0.3, 0.4) is 0 Å². The van der Waals surface area contributed by atoms with Crippen molar-refractivity contribution in [3.05, 3.63) is 71.5 Å². The molecule has 3 N–H and O–H groups in total. The number of benzene rings is 2. The Hall–Kier alpha value is -3.82. The number of aliphatic hydroxyl groups excluding tert-OH is 1. The Balaban J connectivity index is 1.21. The smallest absolute Gasteiger partial charge is 0.205 e. The van der Waals surface area contributed by atoms with Gasteiger partial charge in [0, 0.05) is 29.9 Å². The third-order valence-electron chi connectivity index (χ3n) is 7.08. The highest BCUT2D eigenvalue weighted by Gasteiger charge is 2.17. The number of tetrazole rings is 1. The number of rotatable bonds is 11. The number of aromatic amines is 1. The van der Waals surface area contributed by atoms with Crippen LogP contribution in [0.15, 0.2) is 54.6 Å². The molecule has 1 aliphatic carbocycles. The molecule has 1 fully saturated rings. The summed E-state index contributed by atoms with van der Waals surface area (Å²) in [4.78, 5) is 4.54. The predicted octanol–water partition coefficient (Wildman–Crippen LogP) is 4.79. The predicted molar refractivity (Wildman–Crippen MR) is 149 cm³/mol. The van der Waals surface area contributed by atoms with Crippen molar-refractivity contribution in [3.63, 3.8) is 0 Å². The van der Waals surface area contributed by atoms with E-state index in [1.54, 1.807) is 0 Å². The van der Waals surface area contributed by atoms with Crippen molar-refractivity contribution < 1.29 is 14.6 Å². The zero-order valence-corrected chi connectivity index (χ0v) is 22.6. The highest BCUT2D eigenvalue weighted by Crippen LogP contribution is 2.33. The Labute approximate surface area is 229 Å². The average Bonchev–Trinajstić information content (AvgIpc) is 3.50. The number of nitrogens with one attached hydrogen (secondary N) is 2. The number of aliphatic hydroxyl groups is 1. The molecule has 2 aromatic carbocycles. The molecule has 0 spiro atoms. The first-order chi connectivity index (χ1) is 19.1. The second-order valence-electron chi connectivity index (χ2n) is 10.2. The molecule has 0 saturated heterocycles. The summed E-state index contributed by atoms with van der Waals surface area (Å²) in [5.41, 5.74) is 5.60. The lowest BCUT2D eigenvalue weighted by molar-refractivity contribution is 0.0986. The first kappa shape index (κ1) is 26.8. The summed E-state index contributed by atoms with van der Waals surface area (Å²) in [5, 5.41) is 28.5. The molecule has 1 atom stereocenters. The normalized spacial score (nSPS) is 14.7. The molecule has 1 aliphatic rings. The van der Waals surface area contributed by atoms with E-state index in [0.717, 1.165) is 33.6 Å². The lowest BCUT2D eigenvalue weighted by Crippen LogP contribution is -2.39. The molecular weight excluding hydrogens is 492 g/mol. The van der Waals surface area contributed by atoms with Gasteiger partial charge < -0.3 is 19.9 Å². The molecule has 9 nitrogen and oxygen atoms in total. The highest BCUT2D eigenvalue weighted by atomic mass is 16.5. The molecule has 1 saturated carbocycles. The third kappa shape index (κ3) is 6.99. The van der Waals surface area contributed by atoms with Crippen molar-refractivity contribution in [2.45, 2.75) is 64.7 Å². The fraction of sp³-hybridized carbons (Fsp3) is 0.400. The monoisotopic (exact) mass is 528 g/mol. The van der Waals surface area contributed by atoms with Gasteiger partial charge in [-0.2, -0.15) is 5.21 Å². The Kier molecular flexibility index (Phi) is 8.80. The van der Waals surface area contributed by atoms with Crippen LogP contribution in [-0.4, -0.2) is 56.0 Å². The molecule has 204 valence electrons. The second kappa shape index (κ2) is 12.8. The third-order valence-corrected chi connectivity index (χ3v) is 7.08. The second-order valence-corrected chi connectivity index (χ2v) is 10.2. The van der Waals surface area contributed by atoms with Gasteiger partial charge in [-0.3, -0.25) is 4.98 Å². The van der Waals surface area contributed by atoms with Crippen molar-refractivity contribution in [2.24, 2.45) is 0 Å². The van der Waals surface area contributed by atoms with Gasteiger partial charge in [0.15, 0.2) is 11.5 Å². The Morgan fingerprint density at radius 3 is 2.51 bits per heavy atom. The summed E-state index contributed by atoms with van der Waals surface area (Å²) in [6.07, 6.45) is 5.58. The molecule has 9 heteroatoms. The minimum absolute atomic E-state index is 0.177. The van der Waals surface area contributed by atoms with Crippen molar-refractivity contribution in [1.82, 2.24) is 30.9 Å². The van der Waals surface area contributed by atoms with Gasteiger partial charge in [0.2, 0.25) is 5.82 Å². The van der Waals surface area contributed by atoms with Crippen molar-refractivity contribution in [1.29, 1.82) is 0 Å². The molecule has 39 heavy (non-hydrogen) atoms. The SMILES string of the molecule is Cc1cc(OCc2ccc(-c3ccccc3-c3nn[nH]n3)cc2)c(OCC(O)CNC2CCCCC2)c(C)n1. The fourth-order valence-electron chi connectivity index (χ4n) is 5.06. The van der Waals surface area contributed by atoms with Gasteiger partial charge in [-0.05, 0) is 48.6 Å². The van der Waals surface area contributed by atoms with Crippen LogP contribution in [0.25, 0.3) is 22.5 Å². The number of hydrogen-bond donors (Lipinski definition) is 3. The van der Waals surface area contributed by atoms with Gasteiger partial charge in [-0.1, -0.05) is 67.8 Å². The van der Waals surface area contributed by atoms with Crippen LogP contribution in [0.2, 0.25) is 0 Å². The Morgan fingerprint density at radius 1 is 1.00 bits per heavy atom. The van der Waals surface area contributed by atoms with Crippen LogP contribution in [0.1, 0.15) is 49.1 Å². The maximum absolute atomic E-state index is 10.5. The summed E-state index contributed by atoms with van der Waals surface area (Å²) in [6.45, 7) is 4.90. The summed E-state index contributed by atoms with van der Waals surface area (Å²) < 4.78 is 12.2. The molecule has 2 heterocycles. The summed E-state index contributed by atoms with van der Waals surface area (Å²) in [5.74, 6) is 1.76. The van der Waals surface area contributed by atoms with Crippen LogP contribution in [0.4, 0.5) is 0 Å². The summed E-state index contributed by atoms with van der Waals surface area (Å²) in [7, 11) is 0. The number of ether oxygens (including phenoxy) is 2. The lowest BCUT2D eigenvalue weighted by atomic mass is 9.95. The number of H-pyrrole nitrogens is 1. The molecule has 5 rings (SSSR count). The minimum Gasteiger partial charge on any atom is -0.485 e. The molecule has 0 radical (unpaired) electrons. The van der Waals surface area contributed by atoms with E-state index < -0.39 is 6.10 Å². The number of nitrogens with zero attached hydrogens (tertiary/aromatic N) is 4. The van der Waals surface area contributed by atoms with Crippen molar-refractivity contribution >= 4 is 0 Å². The Morgan fingerprint density at radius 2 is 1.77 bits per heavy atom. The van der Waals surface area contributed by atoms with Crippen LogP contribution < -0.4 is 14.8 Å². The van der Waals surface area contributed by atoms with Gasteiger partial charge in [0.1, 0.15) is 19.3 Å². The maximum atomic E-state index is 10.5. The van der Waals surface area contributed by atoms with Crippen molar-refractivity contribution in [3.8, 4) is 34.0 Å². The molecular formula is C30H36N6O3. The Bertz CT molecular complexity index is 1340. The zero-order chi connectivity index (χ0) is 27.0. The van der Waals surface area contributed by atoms with E-state index >= 15 is 0 Å². The number of aromatic nitrogens is 5. The lowest BCUT2D eigenvalue weighted by Gasteiger charge is -2.24. The van der Waals surface area contributed by atoms with Crippen LogP contribution in [0, 0.1) is 13.8 Å². The number of hydrogen-bond acceptors (Lipinski definition) is 8. The van der Waals surface area contributed by atoms with Crippen LogP contribution >= 0.6 is 0 Å². The van der Waals surface area contributed by atoms with Gasteiger partial charge in [-0.25, -0.2) is 0 Å². The fourth-order valence-corrected chi connectivity index (χ4v) is 5.06. The summed E-state index contributed by atoms with van der Waals surface area (Å²) >= 11 is 0. The first-order valence-corrected chi connectivity index (χ1v) is 13.6. The van der Waals surface area contributed by atoms with Crippen LogP contribution in [-0.2, 0) is 6.61 Å². The highest BCUT2D eigenvalue weighted by molar-refractivity contribution is 5.80. The standard InChI is InChI=1S/C30H36N6O3/c1-20-16-28(29(21(2)32-20)39-19-25(37)17-31-24-8-4-3-5-9-24)38-18-22-12-14-23(15-13-22)26-10-6-7-11-27(26)30-33-35-36-34-30/h6-7,10-16,24-25,31,37H,3-5,8-9,17-19H2,1-2H3,(H,33,34,35,36). The largest absolute Gasteiger partial charge is 0.485 e. The number of pyridine rings is 1. The first-order valence-electron chi connectivity index (χ1n) is 13.6. The zero-order valence-electron chi connectivity index (χ0n) is 22.6. The molecule has 0 aliphatic heterocycles. The van der Waals surface area contributed by atoms with E-state index in [9.17, 15) is 5.11 Å². The number of aryl methyl sites for hydroxylation is 2. The maximum Gasteiger partial charge on any atom is 0.205 e. The molecule has 4 aromatic rings. The summed E-state index contributed by atoms with van der Waals surface area (Å²) in [6, 6.07) is 18.6. The minimum atomic E-state index is -0.608. The molecule has 1 unspecified atom stereocenters. The molecule has 0 bridgehead atoms. The van der Waals surface area contributed by atoms with Gasteiger partial charge in [0.05, 0.1) is 5.69 Å². The average molecular weight is 529 g/mol. The van der Waals surface area contributed by atoms with E-state index in [1.807, 2.05) is 56.3 Å². The quantitative estimate of drug-likeness (QED) is 0.254. The molecule has 2 aromatic heterocycles. The van der Waals surface area contributed by atoms with Gasteiger partial charge in [-0.15, -0.1) is 10.2 Å². The van der Waals surface area contributed by atoms with E-state index in [2.05, 4.69) is 43.1 Å². The van der Waals surface area contributed by atoms with E-state index in [1.165, 1.54) is 32.1 Å².